The molecule has 1 saturated heterocycles. The van der Waals surface area contributed by atoms with Crippen molar-refractivity contribution >= 4 is 5.91 Å². The van der Waals surface area contributed by atoms with Crippen molar-refractivity contribution in [2.75, 3.05) is 46.5 Å². The van der Waals surface area contributed by atoms with Gasteiger partial charge in [0.2, 0.25) is 5.91 Å². The molecule has 17 heavy (non-hydrogen) atoms. The van der Waals surface area contributed by atoms with Gasteiger partial charge in [0.05, 0.1) is 32.0 Å². The molecule has 0 aromatic rings. The van der Waals surface area contributed by atoms with Crippen LogP contribution in [0.15, 0.2) is 0 Å². The first-order valence-electron chi connectivity index (χ1n) is 5.90. The Bertz CT molecular complexity index is 238. The van der Waals surface area contributed by atoms with E-state index in [1.165, 1.54) is 0 Å². The third kappa shape index (κ3) is 5.45. The van der Waals surface area contributed by atoms with E-state index in [1.54, 1.807) is 7.11 Å². The van der Waals surface area contributed by atoms with Gasteiger partial charge in [-0.25, -0.2) is 0 Å². The molecule has 1 aliphatic rings. The van der Waals surface area contributed by atoms with Crippen molar-refractivity contribution in [2.45, 2.75) is 19.1 Å². The van der Waals surface area contributed by atoms with Crippen LogP contribution in [-0.2, 0) is 14.3 Å². The fourth-order valence-corrected chi connectivity index (χ4v) is 1.92. The van der Waals surface area contributed by atoms with Gasteiger partial charge in [-0.05, 0) is 6.92 Å². The van der Waals surface area contributed by atoms with E-state index in [2.05, 4.69) is 5.32 Å². The highest BCUT2D eigenvalue weighted by molar-refractivity contribution is 5.78. The molecule has 6 heteroatoms. The van der Waals surface area contributed by atoms with Crippen LogP contribution in [0.1, 0.15) is 6.92 Å². The van der Waals surface area contributed by atoms with Gasteiger partial charge in [0, 0.05) is 26.7 Å². The van der Waals surface area contributed by atoms with E-state index in [0.29, 0.717) is 32.8 Å². The molecular formula is C11H22N2O4. The van der Waals surface area contributed by atoms with Gasteiger partial charge in [0.25, 0.3) is 0 Å². The molecular weight excluding hydrogens is 224 g/mol. The third-order valence-corrected chi connectivity index (χ3v) is 2.60. The number of amides is 1. The van der Waals surface area contributed by atoms with E-state index < -0.39 is 0 Å². The zero-order valence-electron chi connectivity index (χ0n) is 10.5. The van der Waals surface area contributed by atoms with Crippen LogP contribution in [0.3, 0.4) is 0 Å². The van der Waals surface area contributed by atoms with Crippen molar-refractivity contribution in [2.24, 2.45) is 0 Å². The van der Waals surface area contributed by atoms with Gasteiger partial charge < -0.3 is 19.9 Å². The highest BCUT2D eigenvalue weighted by Crippen LogP contribution is 2.09. The molecule has 0 radical (unpaired) electrons. The van der Waals surface area contributed by atoms with Gasteiger partial charge >= 0.3 is 0 Å². The Morgan fingerprint density at radius 1 is 1.59 bits per heavy atom. The first-order valence-corrected chi connectivity index (χ1v) is 5.90. The number of carbonyl (C=O) groups excluding carboxylic acids is 1. The van der Waals surface area contributed by atoms with Gasteiger partial charge in [-0.1, -0.05) is 0 Å². The molecule has 0 aromatic carbocycles. The number of nitrogens with zero attached hydrogens (tertiary/aromatic N) is 1. The zero-order valence-corrected chi connectivity index (χ0v) is 10.5. The highest BCUT2D eigenvalue weighted by Gasteiger charge is 2.25. The Morgan fingerprint density at radius 2 is 2.35 bits per heavy atom. The van der Waals surface area contributed by atoms with Crippen molar-refractivity contribution in [1.29, 1.82) is 0 Å². The van der Waals surface area contributed by atoms with Gasteiger partial charge in [0.1, 0.15) is 0 Å². The second-order valence-corrected chi connectivity index (χ2v) is 4.29. The standard InChI is InChI=1S/C11H22N2O4/c1-9-5-13(6-10(8-14)17-9)7-11(15)12-3-4-16-2/h9-10,14H,3-8H2,1-2H3,(H,12,15). The molecule has 0 bridgehead atoms. The molecule has 1 aliphatic heterocycles. The summed E-state index contributed by atoms with van der Waals surface area (Å²) in [5, 5.41) is 11.8. The van der Waals surface area contributed by atoms with Crippen LogP contribution >= 0.6 is 0 Å². The maximum atomic E-state index is 11.6. The predicted octanol–water partition coefficient (Wildman–Crippen LogP) is -1.17. The van der Waals surface area contributed by atoms with Crippen LogP contribution in [0, 0.1) is 0 Å². The third-order valence-electron chi connectivity index (χ3n) is 2.60. The maximum Gasteiger partial charge on any atom is 0.234 e. The van der Waals surface area contributed by atoms with E-state index in [9.17, 15) is 4.79 Å². The zero-order chi connectivity index (χ0) is 12.7. The molecule has 100 valence electrons. The topological polar surface area (TPSA) is 71.0 Å². The van der Waals surface area contributed by atoms with Crippen LogP contribution in [0.4, 0.5) is 0 Å². The summed E-state index contributed by atoms with van der Waals surface area (Å²) < 4.78 is 10.4. The first-order chi connectivity index (χ1) is 8.15. The average Bonchev–Trinajstić information content (AvgIpc) is 2.28. The predicted molar refractivity (Wildman–Crippen MR) is 62.7 cm³/mol. The second kappa shape index (κ2) is 7.60. The number of methoxy groups -OCH3 is 1. The minimum absolute atomic E-state index is 0.00780. The summed E-state index contributed by atoms with van der Waals surface area (Å²) in [5.74, 6) is -0.0205. The Labute approximate surface area is 102 Å². The fourth-order valence-electron chi connectivity index (χ4n) is 1.92. The van der Waals surface area contributed by atoms with Crippen LogP contribution in [0.25, 0.3) is 0 Å². The Balaban J connectivity index is 2.27. The number of rotatable bonds is 6. The number of morpholine rings is 1. The van der Waals surface area contributed by atoms with E-state index in [-0.39, 0.29) is 24.7 Å². The Morgan fingerprint density at radius 3 is 3.00 bits per heavy atom. The molecule has 0 aromatic heterocycles. The number of hydrogen-bond donors (Lipinski definition) is 2. The summed E-state index contributed by atoms with van der Waals surface area (Å²) in [5.41, 5.74) is 0. The number of carbonyl (C=O) groups is 1. The normalized spacial score (nSPS) is 25.8. The van der Waals surface area contributed by atoms with Crippen molar-refractivity contribution < 1.29 is 19.4 Å². The Hall–Kier alpha value is -0.690. The number of hydrogen-bond acceptors (Lipinski definition) is 5. The largest absolute Gasteiger partial charge is 0.394 e. The molecule has 1 heterocycles. The lowest BCUT2D eigenvalue weighted by atomic mass is 10.2. The molecule has 6 nitrogen and oxygen atoms in total. The average molecular weight is 246 g/mol. The molecule has 1 fully saturated rings. The molecule has 1 rings (SSSR count). The summed E-state index contributed by atoms with van der Waals surface area (Å²) in [6.45, 7) is 4.63. The number of ether oxygens (including phenoxy) is 2. The van der Waals surface area contributed by atoms with E-state index in [1.807, 2.05) is 11.8 Å². The van der Waals surface area contributed by atoms with Gasteiger partial charge in [0.15, 0.2) is 0 Å². The smallest absolute Gasteiger partial charge is 0.234 e. The lowest BCUT2D eigenvalue weighted by molar-refractivity contribution is -0.128. The number of aliphatic hydroxyl groups excluding tert-OH is 1. The van der Waals surface area contributed by atoms with Crippen molar-refractivity contribution in [3.05, 3.63) is 0 Å². The van der Waals surface area contributed by atoms with Crippen LogP contribution in [0.5, 0.6) is 0 Å². The van der Waals surface area contributed by atoms with Crippen LogP contribution in [-0.4, -0.2) is 74.6 Å². The van der Waals surface area contributed by atoms with Gasteiger partial charge in [-0.3, -0.25) is 9.69 Å². The maximum absolute atomic E-state index is 11.6. The number of aliphatic hydroxyl groups is 1. The first kappa shape index (κ1) is 14.4. The molecule has 2 unspecified atom stereocenters. The van der Waals surface area contributed by atoms with Crippen molar-refractivity contribution in [3.8, 4) is 0 Å². The van der Waals surface area contributed by atoms with Crippen LogP contribution < -0.4 is 5.32 Å². The lowest BCUT2D eigenvalue weighted by Gasteiger charge is -2.35. The van der Waals surface area contributed by atoms with Crippen molar-refractivity contribution in [3.63, 3.8) is 0 Å². The highest BCUT2D eigenvalue weighted by atomic mass is 16.5. The summed E-state index contributed by atoms with van der Waals surface area (Å²) in [7, 11) is 1.60. The summed E-state index contributed by atoms with van der Waals surface area (Å²) in [4.78, 5) is 13.6. The van der Waals surface area contributed by atoms with Crippen LogP contribution in [0.2, 0.25) is 0 Å². The second-order valence-electron chi connectivity index (χ2n) is 4.29. The quantitative estimate of drug-likeness (QED) is 0.578. The lowest BCUT2D eigenvalue weighted by Crippen LogP contribution is -2.51. The minimum atomic E-state index is -0.189. The van der Waals surface area contributed by atoms with E-state index >= 15 is 0 Å². The summed E-state index contributed by atoms with van der Waals surface area (Å²) in [6.07, 6.45) is -0.141. The van der Waals surface area contributed by atoms with Crippen molar-refractivity contribution in [1.82, 2.24) is 10.2 Å². The molecule has 0 saturated carbocycles. The molecule has 2 N–H and O–H groups in total. The minimum Gasteiger partial charge on any atom is -0.394 e. The monoisotopic (exact) mass is 246 g/mol. The fraction of sp³-hybridized carbons (Fsp3) is 0.909. The van der Waals surface area contributed by atoms with E-state index in [4.69, 9.17) is 14.6 Å². The molecule has 0 aliphatic carbocycles. The SMILES string of the molecule is COCCNC(=O)CN1CC(C)OC(CO)C1. The van der Waals surface area contributed by atoms with E-state index in [0.717, 1.165) is 0 Å². The molecule has 0 spiro atoms. The Kier molecular flexibility index (Phi) is 6.43. The molecule has 1 amide bonds. The number of nitrogens with one attached hydrogen (secondary N) is 1. The van der Waals surface area contributed by atoms with Gasteiger partial charge in [-0.2, -0.15) is 0 Å². The summed E-state index contributed by atoms with van der Waals surface area (Å²) >= 11 is 0. The summed E-state index contributed by atoms with van der Waals surface area (Å²) in [6, 6.07) is 0. The molecule has 2 atom stereocenters. The van der Waals surface area contributed by atoms with Gasteiger partial charge in [-0.15, -0.1) is 0 Å².